The van der Waals surface area contributed by atoms with Crippen molar-refractivity contribution in [2.45, 2.75) is 20.4 Å². The monoisotopic (exact) mass is 429 g/mol. The molecule has 10 heteroatoms. The number of pyridine rings is 1. The fourth-order valence-electron chi connectivity index (χ4n) is 3.22. The van der Waals surface area contributed by atoms with Crippen molar-refractivity contribution in [1.29, 1.82) is 0 Å². The summed E-state index contributed by atoms with van der Waals surface area (Å²) in [6.45, 7) is 4.17. The second kappa shape index (κ2) is 8.06. The van der Waals surface area contributed by atoms with Gasteiger partial charge in [-0.3, -0.25) is 4.98 Å². The summed E-state index contributed by atoms with van der Waals surface area (Å²) >= 11 is 0. The highest BCUT2D eigenvalue weighted by molar-refractivity contribution is 5.58. The molecule has 0 N–H and O–H groups in total. The number of aryl methyl sites for hydroxylation is 1. The van der Waals surface area contributed by atoms with Crippen molar-refractivity contribution in [2.24, 2.45) is 0 Å². The third kappa shape index (κ3) is 3.62. The van der Waals surface area contributed by atoms with E-state index in [0.717, 1.165) is 28.3 Å². The first kappa shape index (κ1) is 19.6. The summed E-state index contributed by atoms with van der Waals surface area (Å²) in [5.74, 6) is 2.79. The molecule has 4 heterocycles. The number of aromatic nitrogens is 7. The molecular formula is C22H19N7O3. The Hall–Kier alpha value is -4.34. The number of hydrogen-bond acceptors (Lipinski definition) is 9. The molecule has 5 aromatic rings. The molecule has 4 aromatic heterocycles. The zero-order valence-electron chi connectivity index (χ0n) is 17.7. The van der Waals surface area contributed by atoms with Crippen molar-refractivity contribution in [3.05, 3.63) is 65.9 Å². The average Bonchev–Trinajstić information content (AvgIpc) is 3.55. The molecule has 10 nitrogen and oxygen atoms in total. The van der Waals surface area contributed by atoms with E-state index in [1.807, 2.05) is 50.2 Å². The molecule has 160 valence electrons. The normalized spacial score (nSPS) is 11.1. The highest BCUT2D eigenvalue weighted by Gasteiger charge is 2.20. The van der Waals surface area contributed by atoms with E-state index < -0.39 is 0 Å². The van der Waals surface area contributed by atoms with Crippen molar-refractivity contribution in [3.63, 3.8) is 0 Å². The topological polar surface area (TPSA) is 118 Å². The number of oxazole rings is 1. The molecule has 0 amide bonds. The van der Waals surface area contributed by atoms with Gasteiger partial charge in [0.1, 0.15) is 17.2 Å². The third-order valence-electron chi connectivity index (χ3n) is 5.08. The number of ether oxygens (including phenoxy) is 1. The van der Waals surface area contributed by atoms with E-state index in [1.54, 1.807) is 24.2 Å². The SMILES string of the molecule is COc1ccc(-c2nc(Cn3nnc(-c4nc(-c5ccncc5)no4)c3C)c(C)o2)cc1. The van der Waals surface area contributed by atoms with E-state index in [9.17, 15) is 0 Å². The quantitative estimate of drug-likeness (QED) is 0.398. The van der Waals surface area contributed by atoms with Crippen LogP contribution in [0.3, 0.4) is 0 Å². The Labute approximate surface area is 182 Å². The van der Waals surface area contributed by atoms with Crippen LogP contribution in [0.15, 0.2) is 57.7 Å². The standard InChI is InChI=1S/C22H19N7O3/c1-13-19(22-25-20(27-32-22)15-8-10-23-11-9-15)26-28-29(13)12-18-14(2)31-21(24-18)16-4-6-17(30-3)7-5-16/h4-11H,12H2,1-3H3. The molecule has 5 rings (SSSR count). The first-order valence-corrected chi connectivity index (χ1v) is 9.87. The Morgan fingerprint density at radius 2 is 1.72 bits per heavy atom. The van der Waals surface area contributed by atoms with Crippen LogP contribution in [0.2, 0.25) is 0 Å². The van der Waals surface area contributed by atoms with Gasteiger partial charge in [0.15, 0.2) is 5.69 Å². The van der Waals surface area contributed by atoms with Gasteiger partial charge in [0.2, 0.25) is 11.7 Å². The fourth-order valence-corrected chi connectivity index (χ4v) is 3.22. The van der Waals surface area contributed by atoms with Crippen molar-refractivity contribution in [2.75, 3.05) is 7.11 Å². The summed E-state index contributed by atoms with van der Waals surface area (Å²) in [6, 6.07) is 11.2. The van der Waals surface area contributed by atoms with Crippen LogP contribution in [0, 0.1) is 13.8 Å². The zero-order chi connectivity index (χ0) is 22.1. The molecule has 32 heavy (non-hydrogen) atoms. The lowest BCUT2D eigenvalue weighted by Crippen LogP contribution is -2.05. The fraction of sp³-hybridized carbons (Fsp3) is 0.182. The minimum absolute atomic E-state index is 0.302. The maximum absolute atomic E-state index is 5.87. The first-order chi connectivity index (χ1) is 15.6. The summed E-state index contributed by atoms with van der Waals surface area (Å²) < 4.78 is 18.2. The predicted molar refractivity (Wildman–Crippen MR) is 114 cm³/mol. The Morgan fingerprint density at radius 1 is 0.938 bits per heavy atom. The van der Waals surface area contributed by atoms with Crippen LogP contribution >= 0.6 is 0 Å². The molecule has 0 radical (unpaired) electrons. The summed E-state index contributed by atoms with van der Waals surface area (Å²) in [7, 11) is 1.63. The molecule has 0 fully saturated rings. The lowest BCUT2D eigenvalue weighted by atomic mass is 10.2. The Kier molecular flexibility index (Phi) is 4.94. The van der Waals surface area contributed by atoms with E-state index in [-0.39, 0.29) is 0 Å². The molecule has 1 aromatic carbocycles. The van der Waals surface area contributed by atoms with Gasteiger partial charge in [0.25, 0.3) is 5.89 Å². The zero-order valence-corrected chi connectivity index (χ0v) is 17.7. The van der Waals surface area contributed by atoms with Crippen LogP contribution in [0.1, 0.15) is 17.1 Å². The Bertz CT molecular complexity index is 1350. The van der Waals surface area contributed by atoms with Gasteiger partial charge in [-0.25, -0.2) is 9.67 Å². The van der Waals surface area contributed by atoms with E-state index in [2.05, 4.69) is 30.4 Å². The summed E-state index contributed by atoms with van der Waals surface area (Å²) in [4.78, 5) is 13.1. The molecule has 0 saturated carbocycles. The van der Waals surface area contributed by atoms with Gasteiger partial charge in [-0.05, 0) is 50.2 Å². The van der Waals surface area contributed by atoms with E-state index >= 15 is 0 Å². The highest BCUT2D eigenvalue weighted by Crippen LogP contribution is 2.26. The van der Waals surface area contributed by atoms with Crippen molar-refractivity contribution in [3.8, 4) is 40.2 Å². The molecule has 0 bridgehead atoms. The lowest BCUT2D eigenvalue weighted by Gasteiger charge is -2.00. The number of methoxy groups -OCH3 is 1. The van der Waals surface area contributed by atoms with Crippen LogP contribution in [0.5, 0.6) is 5.75 Å². The van der Waals surface area contributed by atoms with Gasteiger partial charge in [0.05, 0.1) is 19.3 Å². The number of nitrogens with zero attached hydrogens (tertiary/aromatic N) is 7. The maximum atomic E-state index is 5.87. The van der Waals surface area contributed by atoms with E-state index in [4.69, 9.17) is 13.7 Å². The maximum Gasteiger partial charge on any atom is 0.280 e. The van der Waals surface area contributed by atoms with Crippen LogP contribution in [-0.4, -0.2) is 42.2 Å². The third-order valence-corrected chi connectivity index (χ3v) is 5.08. The first-order valence-electron chi connectivity index (χ1n) is 9.87. The molecule has 0 aliphatic heterocycles. The highest BCUT2D eigenvalue weighted by atomic mass is 16.5. The molecule has 0 saturated heterocycles. The van der Waals surface area contributed by atoms with Crippen molar-refractivity contribution < 1.29 is 13.7 Å². The van der Waals surface area contributed by atoms with Gasteiger partial charge in [-0.2, -0.15) is 4.98 Å². The predicted octanol–water partition coefficient (Wildman–Crippen LogP) is 3.72. The van der Waals surface area contributed by atoms with Crippen LogP contribution in [0.4, 0.5) is 0 Å². The largest absolute Gasteiger partial charge is 0.497 e. The second-order valence-electron chi connectivity index (χ2n) is 7.09. The van der Waals surface area contributed by atoms with Gasteiger partial charge >= 0.3 is 0 Å². The van der Waals surface area contributed by atoms with E-state index in [0.29, 0.717) is 35.6 Å². The van der Waals surface area contributed by atoms with E-state index in [1.165, 1.54) is 0 Å². The average molecular weight is 429 g/mol. The summed E-state index contributed by atoms with van der Waals surface area (Å²) in [5.41, 5.74) is 3.74. The van der Waals surface area contributed by atoms with Crippen LogP contribution < -0.4 is 4.74 Å². The molecular weight excluding hydrogens is 410 g/mol. The van der Waals surface area contributed by atoms with Crippen LogP contribution in [-0.2, 0) is 6.54 Å². The molecule has 0 aliphatic rings. The van der Waals surface area contributed by atoms with Gasteiger partial charge in [-0.15, -0.1) is 5.10 Å². The minimum Gasteiger partial charge on any atom is -0.497 e. The molecule has 0 aliphatic carbocycles. The van der Waals surface area contributed by atoms with Crippen LogP contribution in [0.25, 0.3) is 34.4 Å². The van der Waals surface area contributed by atoms with Gasteiger partial charge in [-0.1, -0.05) is 10.4 Å². The summed E-state index contributed by atoms with van der Waals surface area (Å²) in [6.07, 6.45) is 3.35. The molecule has 0 spiro atoms. The van der Waals surface area contributed by atoms with Gasteiger partial charge < -0.3 is 13.7 Å². The number of benzene rings is 1. The van der Waals surface area contributed by atoms with Crippen molar-refractivity contribution >= 4 is 0 Å². The number of rotatable bonds is 6. The lowest BCUT2D eigenvalue weighted by molar-refractivity contribution is 0.415. The van der Waals surface area contributed by atoms with Crippen molar-refractivity contribution in [1.82, 2.24) is 35.1 Å². The minimum atomic E-state index is 0.302. The Morgan fingerprint density at radius 3 is 2.47 bits per heavy atom. The second-order valence-corrected chi connectivity index (χ2v) is 7.09. The molecule has 0 atom stereocenters. The molecule has 0 unspecified atom stereocenters. The van der Waals surface area contributed by atoms with Gasteiger partial charge in [0, 0.05) is 23.5 Å². The summed E-state index contributed by atoms with van der Waals surface area (Å²) in [5, 5.41) is 12.5. The smallest absolute Gasteiger partial charge is 0.280 e. The number of hydrogen-bond donors (Lipinski definition) is 0. The Balaban J connectivity index is 1.39.